The number of amides is 2. The first-order valence-corrected chi connectivity index (χ1v) is 8.84. The van der Waals surface area contributed by atoms with Gasteiger partial charge in [-0.3, -0.25) is 9.59 Å². The van der Waals surface area contributed by atoms with E-state index in [-0.39, 0.29) is 25.0 Å². The summed E-state index contributed by atoms with van der Waals surface area (Å²) in [6, 6.07) is 12.8. The second-order valence-corrected chi connectivity index (χ2v) is 6.26. The van der Waals surface area contributed by atoms with E-state index in [1.54, 1.807) is 38.3 Å². The molecular weight excluding hydrogens is 360 g/mol. The zero-order chi connectivity index (χ0) is 20.5. The van der Waals surface area contributed by atoms with Crippen LogP contribution in [0.4, 0.5) is 0 Å². The number of likely N-dealkylation sites (N-methyl/N-ethyl adjacent to an activating group) is 1. The maximum Gasteiger partial charge on any atom is 0.258 e. The second-order valence-electron chi connectivity index (χ2n) is 6.26. The topological polar surface area (TPSA) is 77.1 Å². The molecule has 1 N–H and O–H groups in total. The monoisotopic (exact) mass is 386 g/mol. The molecule has 0 radical (unpaired) electrons. The maximum atomic E-state index is 12.3. The lowest BCUT2D eigenvalue weighted by Gasteiger charge is -2.20. The van der Waals surface area contributed by atoms with E-state index in [0.717, 1.165) is 11.1 Å². The van der Waals surface area contributed by atoms with Gasteiger partial charge < -0.3 is 24.4 Å². The SMILES string of the molecule is COc1cc(C)c(CN(C)C(=O)CNC(=O)COc2ccccc2)cc1OC. The van der Waals surface area contributed by atoms with Crippen LogP contribution in [0.5, 0.6) is 17.2 Å². The van der Waals surface area contributed by atoms with Gasteiger partial charge in [0.15, 0.2) is 18.1 Å². The summed E-state index contributed by atoms with van der Waals surface area (Å²) in [5, 5.41) is 2.57. The third kappa shape index (κ3) is 5.90. The van der Waals surface area contributed by atoms with Gasteiger partial charge in [-0.15, -0.1) is 0 Å². The molecule has 2 aromatic rings. The standard InChI is InChI=1S/C21H26N2O5/c1-15-10-18(26-3)19(27-4)11-16(15)13-23(2)21(25)12-22-20(24)14-28-17-8-6-5-7-9-17/h5-11H,12-14H2,1-4H3,(H,22,24). The smallest absolute Gasteiger partial charge is 0.258 e. The molecule has 2 amide bonds. The van der Waals surface area contributed by atoms with Crippen LogP contribution < -0.4 is 19.5 Å². The highest BCUT2D eigenvalue weighted by atomic mass is 16.5. The van der Waals surface area contributed by atoms with Crippen molar-refractivity contribution in [3.05, 3.63) is 53.6 Å². The molecule has 2 rings (SSSR count). The number of para-hydroxylation sites is 1. The fourth-order valence-corrected chi connectivity index (χ4v) is 2.56. The number of ether oxygens (including phenoxy) is 3. The Labute approximate surface area is 165 Å². The van der Waals surface area contributed by atoms with Gasteiger partial charge in [-0.05, 0) is 42.3 Å². The van der Waals surface area contributed by atoms with Crippen molar-refractivity contribution in [2.75, 3.05) is 34.4 Å². The summed E-state index contributed by atoms with van der Waals surface area (Å²) in [6.07, 6.45) is 0. The largest absolute Gasteiger partial charge is 0.493 e. The molecule has 28 heavy (non-hydrogen) atoms. The Morgan fingerprint density at radius 2 is 1.68 bits per heavy atom. The molecule has 7 heteroatoms. The average molecular weight is 386 g/mol. The Kier molecular flexibility index (Phi) is 7.68. The van der Waals surface area contributed by atoms with Crippen molar-refractivity contribution in [2.45, 2.75) is 13.5 Å². The summed E-state index contributed by atoms with van der Waals surface area (Å²) >= 11 is 0. The van der Waals surface area contributed by atoms with E-state index < -0.39 is 0 Å². The van der Waals surface area contributed by atoms with Crippen LogP contribution in [0.3, 0.4) is 0 Å². The van der Waals surface area contributed by atoms with Crippen LogP contribution >= 0.6 is 0 Å². The van der Waals surface area contributed by atoms with Gasteiger partial charge in [0.2, 0.25) is 5.91 Å². The number of hydrogen-bond donors (Lipinski definition) is 1. The van der Waals surface area contributed by atoms with Crippen LogP contribution in [-0.4, -0.2) is 51.1 Å². The van der Waals surface area contributed by atoms with Gasteiger partial charge in [-0.1, -0.05) is 18.2 Å². The van der Waals surface area contributed by atoms with Crippen LogP contribution in [-0.2, 0) is 16.1 Å². The first-order valence-electron chi connectivity index (χ1n) is 8.84. The van der Waals surface area contributed by atoms with Crippen LogP contribution in [0.15, 0.2) is 42.5 Å². The van der Waals surface area contributed by atoms with Gasteiger partial charge in [0.05, 0.1) is 20.8 Å². The fraction of sp³-hybridized carbons (Fsp3) is 0.333. The van der Waals surface area contributed by atoms with Gasteiger partial charge in [0.1, 0.15) is 5.75 Å². The number of nitrogens with zero attached hydrogens (tertiary/aromatic N) is 1. The van der Waals surface area contributed by atoms with Crippen molar-refractivity contribution < 1.29 is 23.8 Å². The number of rotatable bonds is 9. The van der Waals surface area contributed by atoms with Crippen molar-refractivity contribution >= 4 is 11.8 Å². The summed E-state index contributed by atoms with van der Waals surface area (Å²) in [7, 11) is 4.83. The molecule has 0 aliphatic heterocycles. The number of nitrogens with one attached hydrogen (secondary N) is 1. The minimum Gasteiger partial charge on any atom is -0.493 e. The summed E-state index contributed by atoms with van der Waals surface area (Å²) in [6.45, 7) is 2.09. The number of carbonyl (C=O) groups is 2. The van der Waals surface area contributed by atoms with Crippen molar-refractivity contribution in [1.82, 2.24) is 10.2 Å². The van der Waals surface area contributed by atoms with E-state index in [1.165, 1.54) is 0 Å². The van der Waals surface area contributed by atoms with E-state index in [9.17, 15) is 9.59 Å². The molecule has 0 spiro atoms. The highest BCUT2D eigenvalue weighted by molar-refractivity contribution is 5.85. The third-order valence-electron chi connectivity index (χ3n) is 4.23. The van der Waals surface area contributed by atoms with Gasteiger partial charge in [-0.2, -0.15) is 0 Å². The van der Waals surface area contributed by atoms with Crippen molar-refractivity contribution in [3.63, 3.8) is 0 Å². The predicted octanol–water partition coefficient (Wildman–Crippen LogP) is 2.17. The van der Waals surface area contributed by atoms with Crippen molar-refractivity contribution in [2.24, 2.45) is 0 Å². The van der Waals surface area contributed by atoms with E-state index >= 15 is 0 Å². The fourth-order valence-electron chi connectivity index (χ4n) is 2.56. The van der Waals surface area contributed by atoms with Crippen LogP contribution in [0.2, 0.25) is 0 Å². The normalized spacial score (nSPS) is 10.1. The number of carbonyl (C=O) groups excluding carboxylic acids is 2. The van der Waals surface area contributed by atoms with E-state index in [1.807, 2.05) is 37.3 Å². The molecule has 0 unspecified atom stereocenters. The van der Waals surface area contributed by atoms with Crippen LogP contribution in [0, 0.1) is 6.92 Å². The zero-order valence-corrected chi connectivity index (χ0v) is 16.7. The lowest BCUT2D eigenvalue weighted by molar-refractivity contribution is -0.132. The molecule has 0 atom stereocenters. The molecule has 0 aromatic heterocycles. The van der Waals surface area contributed by atoms with Gasteiger partial charge in [-0.25, -0.2) is 0 Å². The molecule has 0 fully saturated rings. The summed E-state index contributed by atoms with van der Waals surface area (Å²) in [5.74, 6) is 1.29. The van der Waals surface area contributed by atoms with E-state index in [0.29, 0.717) is 23.8 Å². The predicted molar refractivity (Wildman–Crippen MR) is 106 cm³/mol. The van der Waals surface area contributed by atoms with Crippen LogP contribution in [0.25, 0.3) is 0 Å². The number of aryl methyl sites for hydroxylation is 1. The number of hydrogen-bond acceptors (Lipinski definition) is 5. The second kappa shape index (κ2) is 10.2. The first kappa shape index (κ1) is 21.1. The minimum absolute atomic E-state index is 0.0974. The summed E-state index contributed by atoms with van der Waals surface area (Å²) < 4.78 is 16.0. The van der Waals surface area contributed by atoms with Gasteiger partial charge >= 0.3 is 0 Å². The minimum atomic E-state index is -0.354. The highest BCUT2D eigenvalue weighted by Gasteiger charge is 2.15. The molecule has 0 aliphatic rings. The number of benzene rings is 2. The van der Waals surface area contributed by atoms with Gasteiger partial charge in [0.25, 0.3) is 5.91 Å². The molecule has 0 bridgehead atoms. The Hall–Kier alpha value is -3.22. The molecule has 2 aromatic carbocycles. The van der Waals surface area contributed by atoms with Gasteiger partial charge in [0, 0.05) is 13.6 Å². The van der Waals surface area contributed by atoms with Crippen molar-refractivity contribution in [3.8, 4) is 17.2 Å². The zero-order valence-electron chi connectivity index (χ0n) is 16.7. The van der Waals surface area contributed by atoms with Crippen LogP contribution in [0.1, 0.15) is 11.1 Å². The molecular formula is C21H26N2O5. The molecule has 7 nitrogen and oxygen atoms in total. The first-order chi connectivity index (χ1) is 13.4. The molecule has 0 saturated heterocycles. The molecule has 150 valence electrons. The molecule has 0 heterocycles. The summed E-state index contributed by atoms with van der Waals surface area (Å²) in [4.78, 5) is 25.8. The van der Waals surface area contributed by atoms with Crippen molar-refractivity contribution in [1.29, 1.82) is 0 Å². The Bertz CT molecular complexity index is 808. The lowest BCUT2D eigenvalue weighted by Crippen LogP contribution is -2.39. The Morgan fingerprint density at radius 1 is 1.04 bits per heavy atom. The Balaban J connectivity index is 1.85. The van der Waals surface area contributed by atoms with E-state index in [4.69, 9.17) is 14.2 Å². The molecule has 0 aliphatic carbocycles. The van der Waals surface area contributed by atoms with E-state index in [2.05, 4.69) is 5.32 Å². The lowest BCUT2D eigenvalue weighted by atomic mass is 10.1. The maximum absolute atomic E-state index is 12.3. The highest BCUT2D eigenvalue weighted by Crippen LogP contribution is 2.30. The Morgan fingerprint density at radius 3 is 2.32 bits per heavy atom. The molecule has 0 saturated carbocycles. The average Bonchev–Trinajstić information content (AvgIpc) is 2.72. The number of methoxy groups -OCH3 is 2. The quantitative estimate of drug-likeness (QED) is 0.715. The third-order valence-corrected chi connectivity index (χ3v) is 4.23. The summed E-state index contributed by atoms with van der Waals surface area (Å²) in [5.41, 5.74) is 1.92.